The predicted molar refractivity (Wildman–Crippen MR) is 243 cm³/mol. The van der Waals surface area contributed by atoms with Crippen LogP contribution in [0.3, 0.4) is 0 Å². The molecule has 1 saturated carbocycles. The lowest BCUT2D eigenvalue weighted by Gasteiger charge is -2.31. The van der Waals surface area contributed by atoms with Gasteiger partial charge in [0.15, 0.2) is 0 Å². The normalized spacial score (nSPS) is 15.0. The first kappa shape index (κ1) is 49.6. The van der Waals surface area contributed by atoms with Gasteiger partial charge in [-0.2, -0.15) is 17.6 Å². The van der Waals surface area contributed by atoms with Gasteiger partial charge in [0.05, 0.1) is 35.0 Å². The molecule has 6 aromatic rings. The highest BCUT2D eigenvalue weighted by Crippen LogP contribution is 2.34. The monoisotopic (exact) mass is 999 g/mol. The highest BCUT2D eigenvalue weighted by Gasteiger charge is 2.35. The van der Waals surface area contributed by atoms with E-state index in [9.17, 15) is 34.4 Å². The Bertz CT molecular complexity index is 2520. The molecule has 2 fully saturated rings. The van der Waals surface area contributed by atoms with Crippen LogP contribution in [-0.4, -0.2) is 60.8 Å². The molecule has 0 bridgehead atoms. The van der Waals surface area contributed by atoms with E-state index in [1.54, 1.807) is 97.1 Å². The van der Waals surface area contributed by atoms with Crippen molar-refractivity contribution in [1.82, 2.24) is 25.7 Å². The molecule has 1 aliphatic carbocycles. The maximum atomic E-state index is 13.5. The second kappa shape index (κ2) is 22.1. The molecule has 348 valence electrons. The highest BCUT2D eigenvalue weighted by atomic mass is 35.5. The molecule has 22 heteroatoms. The summed E-state index contributed by atoms with van der Waals surface area (Å²) < 4.78 is 118. The zero-order valence-electron chi connectivity index (χ0n) is 34.5. The summed E-state index contributed by atoms with van der Waals surface area (Å²) >= 11 is 12.3. The molecule has 0 unspecified atom stereocenters. The third kappa shape index (κ3) is 12.4. The molecule has 2 aliphatic rings. The van der Waals surface area contributed by atoms with Gasteiger partial charge in [-0.1, -0.05) is 78.9 Å². The fourth-order valence-electron chi connectivity index (χ4n) is 7.45. The molecular weight excluding hydrogens is 957 g/mol. The van der Waals surface area contributed by atoms with E-state index < -0.39 is 55.2 Å². The molecule has 0 amide bonds. The highest BCUT2D eigenvalue weighted by molar-refractivity contribution is 7.93. The summed E-state index contributed by atoms with van der Waals surface area (Å²) in [6.07, 6.45) is -0.505. The third-order valence-electron chi connectivity index (χ3n) is 10.8. The number of rotatable bonds is 14. The van der Waals surface area contributed by atoms with Crippen molar-refractivity contribution in [2.24, 2.45) is 0 Å². The van der Waals surface area contributed by atoms with Gasteiger partial charge in [0.25, 0.3) is 11.8 Å². The lowest BCUT2D eigenvalue weighted by Crippen LogP contribution is -2.43. The van der Waals surface area contributed by atoms with Gasteiger partial charge in [0.2, 0.25) is 31.8 Å². The van der Waals surface area contributed by atoms with Crippen LogP contribution >= 0.6 is 35.6 Å². The molecule has 2 aromatic heterocycles. The van der Waals surface area contributed by atoms with Gasteiger partial charge in [-0.25, -0.2) is 16.8 Å². The molecule has 1 N–H and O–H groups in total. The number of sulfonamides is 2. The maximum absolute atomic E-state index is 13.5. The zero-order valence-corrected chi connectivity index (χ0v) is 38.4. The number of anilines is 2. The van der Waals surface area contributed by atoms with Gasteiger partial charge in [-0.3, -0.25) is 8.61 Å². The zero-order chi connectivity index (χ0) is 45.4. The summed E-state index contributed by atoms with van der Waals surface area (Å²) in [5.41, 5.74) is 3.35. The van der Waals surface area contributed by atoms with Crippen LogP contribution in [0.25, 0.3) is 22.9 Å². The summed E-state index contributed by atoms with van der Waals surface area (Å²) in [5.74, 6) is -1.53. The average Bonchev–Trinajstić information content (AvgIpc) is 4.01. The summed E-state index contributed by atoms with van der Waals surface area (Å²) in [5, 5.41) is 17.1. The number of nitrogens with zero attached hydrogens (tertiary/aromatic N) is 6. The number of hydrogen-bond donors (Lipinski definition) is 1. The van der Waals surface area contributed by atoms with Crippen LogP contribution in [0.4, 0.5) is 28.9 Å². The number of aromatic nitrogens is 4. The topological polar surface area (TPSA) is 165 Å². The molecule has 1 saturated heterocycles. The molecule has 8 rings (SSSR count). The number of alkyl halides is 4. The van der Waals surface area contributed by atoms with Crippen LogP contribution in [0.2, 0.25) is 10.0 Å². The number of halogens is 7. The minimum atomic E-state index is -3.65. The first-order valence-corrected chi connectivity index (χ1v) is 24.1. The minimum Gasteiger partial charge on any atom is -0.415 e. The van der Waals surface area contributed by atoms with E-state index in [0.29, 0.717) is 76.9 Å². The van der Waals surface area contributed by atoms with Crippen molar-refractivity contribution >= 4 is 67.0 Å². The van der Waals surface area contributed by atoms with E-state index in [0.717, 1.165) is 24.8 Å². The maximum Gasteiger partial charge on any atom is 0.314 e. The first-order chi connectivity index (χ1) is 30.7. The van der Waals surface area contributed by atoms with Crippen LogP contribution < -0.4 is 13.9 Å². The third-order valence-corrected chi connectivity index (χ3v) is 15.8. The summed E-state index contributed by atoms with van der Waals surface area (Å²) in [6.45, 7) is 1.50. The van der Waals surface area contributed by atoms with Gasteiger partial charge >= 0.3 is 12.9 Å². The van der Waals surface area contributed by atoms with Crippen molar-refractivity contribution in [3.05, 3.63) is 130 Å². The number of nitrogens with one attached hydrogen (secondary N) is 1. The van der Waals surface area contributed by atoms with Crippen LogP contribution in [0.15, 0.2) is 106 Å². The van der Waals surface area contributed by atoms with Gasteiger partial charge in [0.1, 0.15) is 0 Å². The van der Waals surface area contributed by atoms with E-state index in [4.69, 9.17) is 32.0 Å². The standard InChI is InChI=1S/C22H22ClF2N3O3S.C21H21ClF2N4O3S.ClH/c23-17-5-4-6-18(13-17)28(32(29,30)19-7-2-1-3-8-19)14-15-9-11-16(12-10-15)21-26-27-22(31-21)20(24)25;22-16-2-1-3-17(12-16)28(32(29,30)18-8-10-25-11-9-18)13-14-4-6-15(7-5-14)20-26-27-21(31-20)19(23)24;/h4-6,9-13,19-20H,1-3,7-8,14H2;1-7,12,18-19,25H,8-11,13H2;1H. The number of hydrogen-bond acceptors (Lipinski definition) is 11. The first-order valence-electron chi connectivity index (χ1n) is 20.4. The molecular formula is C43H44Cl3F4N7O6S2. The Kier molecular flexibility index (Phi) is 16.9. The summed E-state index contributed by atoms with van der Waals surface area (Å²) in [7, 11) is -7.26. The van der Waals surface area contributed by atoms with E-state index in [-0.39, 0.29) is 37.3 Å². The molecule has 0 radical (unpaired) electrons. The SMILES string of the molecule is Cl.O=S(=O)(C1CCCCC1)N(Cc1ccc(-c2nnc(C(F)F)o2)cc1)c1cccc(Cl)c1.O=S(=O)(C1CCNCC1)N(Cc1ccc(-c2nnc(C(F)F)o2)cc1)c1cccc(Cl)c1. The Morgan fingerprint density at radius 1 is 0.585 bits per heavy atom. The molecule has 4 aromatic carbocycles. The van der Waals surface area contributed by atoms with Crippen molar-refractivity contribution < 1.29 is 43.2 Å². The fourth-order valence-corrected chi connectivity index (χ4v) is 11.8. The van der Waals surface area contributed by atoms with Gasteiger partial charge in [-0.05, 0) is 111 Å². The quantitative estimate of drug-likeness (QED) is 0.103. The minimum absolute atomic E-state index is 0. The van der Waals surface area contributed by atoms with Crippen molar-refractivity contribution in [2.75, 3.05) is 21.7 Å². The van der Waals surface area contributed by atoms with Gasteiger partial charge in [-0.15, -0.1) is 32.8 Å². The summed E-state index contributed by atoms with van der Waals surface area (Å²) in [4.78, 5) is 0. The van der Waals surface area contributed by atoms with Crippen molar-refractivity contribution in [1.29, 1.82) is 0 Å². The smallest absolute Gasteiger partial charge is 0.314 e. The van der Waals surface area contributed by atoms with Crippen LogP contribution in [0, 0.1) is 0 Å². The molecule has 13 nitrogen and oxygen atoms in total. The Labute approximate surface area is 390 Å². The Hall–Kier alpha value is -4.79. The van der Waals surface area contributed by atoms with Crippen molar-refractivity contribution in [3.63, 3.8) is 0 Å². The Morgan fingerprint density at radius 3 is 1.35 bits per heavy atom. The van der Waals surface area contributed by atoms with E-state index in [1.807, 2.05) is 0 Å². The molecule has 0 atom stereocenters. The van der Waals surface area contributed by atoms with E-state index >= 15 is 0 Å². The molecule has 65 heavy (non-hydrogen) atoms. The van der Waals surface area contributed by atoms with Crippen LogP contribution in [-0.2, 0) is 33.1 Å². The second-order valence-corrected chi connectivity index (χ2v) is 20.3. The number of piperidine rings is 1. The molecule has 1 aliphatic heterocycles. The largest absolute Gasteiger partial charge is 0.415 e. The lowest BCUT2D eigenvalue weighted by molar-refractivity contribution is 0.115. The van der Waals surface area contributed by atoms with Crippen LogP contribution in [0.5, 0.6) is 0 Å². The van der Waals surface area contributed by atoms with Crippen molar-refractivity contribution in [2.45, 2.75) is 81.4 Å². The predicted octanol–water partition coefficient (Wildman–Crippen LogP) is 10.8. The Morgan fingerprint density at radius 2 is 0.985 bits per heavy atom. The molecule has 0 spiro atoms. The number of benzene rings is 4. The summed E-state index contributed by atoms with van der Waals surface area (Å²) in [6, 6.07) is 26.9. The second-order valence-electron chi connectivity index (χ2n) is 15.2. The lowest BCUT2D eigenvalue weighted by atomic mass is 10.0. The van der Waals surface area contributed by atoms with E-state index in [2.05, 4.69) is 25.7 Å². The van der Waals surface area contributed by atoms with Crippen LogP contribution in [0.1, 0.15) is 80.7 Å². The van der Waals surface area contributed by atoms with Gasteiger partial charge < -0.3 is 14.2 Å². The van der Waals surface area contributed by atoms with Crippen molar-refractivity contribution in [3.8, 4) is 22.9 Å². The van der Waals surface area contributed by atoms with Gasteiger partial charge in [0, 0.05) is 21.2 Å². The fraction of sp³-hybridized carbons (Fsp3) is 0.349. The Balaban J connectivity index is 0.000000212. The average molecular weight is 1000 g/mol. The molecule has 3 heterocycles. The van der Waals surface area contributed by atoms with E-state index in [1.165, 1.54) is 8.61 Å².